The van der Waals surface area contributed by atoms with Crippen LogP contribution < -0.4 is 5.32 Å². The van der Waals surface area contributed by atoms with Crippen LogP contribution in [0, 0.1) is 6.92 Å². The van der Waals surface area contributed by atoms with E-state index in [1.165, 1.54) is 11.3 Å². The second-order valence-electron chi connectivity index (χ2n) is 3.22. The Kier molecular flexibility index (Phi) is 2.87. The van der Waals surface area contributed by atoms with Gasteiger partial charge in [-0.25, -0.2) is 9.78 Å². The van der Waals surface area contributed by atoms with Crippen molar-refractivity contribution in [2.45, 2.75) is 6.92 Å². The van der Waals surface area contributed by atoms with Gasteiger partial charge in [-0.3, -0.25) is 0 Å². The molecule has 5 heteroatoms. The fraction of sp³-hybridized carbons (Fsp3) is 0.0909. The predicted molar refractivity (Wildman–Crippen MR) is 63.5 cm³/mol. The lowest BCUT2D eigenvalue weighted by Gasteiger charge is -2.00. The van der Waals surface area contributed by atoms with Gasteiger partial charge in [-0.15, -0.1) is 11.3 Å². The van der Waals surface area contributed by atoms with Gasteiger partial charge in [0.1, 0.15) is 0 Å². The highest BCUT2D eigenvalue weighted by atomic mass is 32.1. The molecule has 0 aliphatic rings. The topological polar surface area (TPSA) is 62.2 Å². The highest BCUT2D eigenvalue weighted by molar-refractivity contribution is 7.15. The van der Waals surface area contributed by atoms with E-state index in [0.717, 1.165) is 5.69 Å². The molecule has 0 saturated carbocycles. The number of benzene rings is 1. The van der Waals surface area contributed by atoms with Gasteiger partial charge in [-0.2, -0.15) is 0 Å². The molecule has 16 heavy (non-hydrogen) atoms. The highest BCUT2D eigenvalue weighted by Crippen LogP contribution is 2.25. The van der Waals surface area contributed by atoms with E-state index >= 15 is 0 Å². The van der Waals surface area contributed by atoms with Crippen molar-refractivity contribution in [1.29, 1.82) is 0 Å². The molecule has 0 bridgehead atoms. The van der Waals surface area contributed by atoms with Crippen molar-refractivity contribution < 1.29 is 9.90 Å². The summed E-state index contributed by atoms with van der Waals surface area (Å²) in [5.41, 5.74) is 1.01. The molecule has 1 heterocycles. The fourth-order valence-electron chi connectivity index (χ4n) is 1.29. The number of aromatic nitrogens is 1. The summed E-state index contributed by atoms with van der Waals surface area (Å²) in [5, 5.41) is 12.5. The molecule has 0 spiro atoms. The summed E-state index contributed by atoms with van der Waals surface area (Å²) in [6.45, 7) is 1.75. The molecule has 4 nitrogen and oxygen atoms in total. The molecule has 82 valence electrons. The van der Waals surface area contributed by atoms with Crippen molar-refractivity contribution in [3.05, 3.63) is 40.9 Å². The Morgan fingerprint density at radius 2 is 2.06 bits per heavy atom. The molecule has 0 amide bonds. The zero-order valence-corrected chi connectivity index (χ0v) is 9.41. The number of nitrogens with one attached hydrogen (secondary N) is 1. The summed E-state index contributed by atoms with van der Waals surface area (Å²) in [6, 6.07) is 9.52. The van der Waals surface area contributed by atoms with Gasteiger partial charge in [-0.1, -0.05) is 18.2 Å². The average molecular weight is 234 g/mol. The SMILES string of the molecule is Cc1sc(Nc2ccccc2)nc1C(=O)O. The quantitative estimate of drug-likeness (QED) is 0.857. The molecule has 0 radical (unpaired) electrons. The van der Waals surface area contributed by atoms with Crippen molar-refractivity contribution in [3.63, 3.8) is 0 Å². The van der Waals surface area contributed by atoms with E-state index in [2.05, 4.69) is 10.3 Å². The first-order chi connectivity index (χ1) is 7.66. The number of anilines is 2. The van der Waals surface area contributed by atoms with Gasteiger partial charge in [0, 0.05) is 10.6 Å². The number of carboxylic acids is 1. The Bertz CT molecular complexity index is 508. The Balaban J connectivity index is 2.23. The lowest BCUT2D eigenvalue weighted by Crippen LogP contribution is -1.99. The van der Waals surface area contributed by atoms with Crippen molar-refractivity contribution in [3.8, 4) is 0 Å². The van der Waals surface area contributed by atoms with Crippen LogP contribution >= 0.6 is 11.3 Å². The van der Waals surface area contributed by atoms with Crippen molar-refractivity contribution >= 4 is 28.1 Å². The largest absolute Gasteiger partial charge is 0.476 e. The third kappa shape index (κ3) is 2.20. The molecule has 0 unspecified atom stereocenters. The number of thiazole rings is 1. The maximum absolute atomic E-state index is 10.8. The van der Waals surface area contributed by atoms with Crippen LogP contribution in [0.2, 0.25) is 0 Å². The van der Waals surface area contributed by atoms with Crippen LogP contribution in [0.3, 0.4) is 0 Å². The van der Waals surface area contributed by atoms with Crippen LogP contribution in [0.5, 0.6) is 0 Å². The first kappa shape index (κ1) is 10.6. The summed E-state index contributed by atoms with van der Waals surface area (Å²) < 4.78 is 0. The molecule has 0 aliphatic heterocycles. The zero-order chi connectivity index (χ0) is 11.5. The van der Waals surface area contributed by atoms with Gasteiger partial charge in [0.25, 0.3) is 0 Å². The Morgan fingerprint density at radius 1 is 1.38 bits per heavy atom. The third-order valence-corrected chi connectivity index (χ3v) is 2.91. The molecule has 1 aromatic heterocycles. The molecular formula is C11H10N2O2S. The minimum absolute atomic E-state index is 0.114. The van der Waals surface area contributed by atoms with Gasteiger partial charge in [0.05, 0.1) is 0 Å². The van der Waals surface area contributed by atoms with E-state index in [0.29, 0.717) is 10.0 Å². The normalized spacial score (nSPS) is 10.1. The van der Waals surface area contributed by atoms with Gasteiger partial charge < -0.3 is 10.4 Å². The average Bonchev–Trinajstić information content (AvgIpc) is 2.61. The molecular weight excluding hydrogens is 224 g/mol. The molecule has 0 fully saturated rings. The molecule has 2 rings (SSSR count). The lowest BCUT2D eigenvalue weighted by atomic mass is 10.3. The number of aryl methyl sites for hydroxylation is 1. The minimum atomic E-state index is -0.991. The minimum Gasteiger partial charge on any atom is -0.476 e. The smallest absolute Gasteiger partial charge is 0.355 e. The maximum atomic E-state index is 10.8. The van der Waals surface area contributed by atoms with E-state index in [9.17, 15) is 4.79 Å². The number of hydrogen-bond acceptors (Lipinski definition) is 4. The molecule has 2 aromatic rings. The number of para-hydroxylation sites is 1. The first-order valence-electron chi connectivity index (χ1n) is 4.69. The molecule has 0 saturated heterocycles. The molecule has 0 atom stereocenters. The number of aromatic carboxylic acids is 1. The Labute approximate surface area is 96.6 Å². The van der Waals surface area contributed by atoms with Crippen molar-refractivity contribution in [2.24, 2.45) is 0 Å². The summed E-state index contributed by atoms with van der Waals surface area (Å²) in [6.07, 6.45) is 0. The summed E-state index contributed by atoms with van der Waals surface area (Å²) in [7, 11) is 0. The molecule has 0 aliphatic carbocycles. The van der Waals surface area contributed by atoms with Gasteiger partial charge in [-0.05, 0) is 19.1 Å². The summed E-state index contributed by atoms with van der Waals surface area (Å²) >= 11 is 1.33. The third-order valence-electron chi connectivity index (χ3n) is 2.02. The summed E-state index contributed by atoms with van der Waals surface area (Å²) in [5.74, 6) is -0.991. The lowest BCUT2D eigenvalue weighted by molar-refractivity contribution is 0.0690. The monoisotopic (exact) mass is 234 g/mol. The van der Waals surface area contributed by atoms with Crippen molar-refractivity contribution in [2.75, 3.05) is 5.32 Å². The van der Waals surface area contributed by atoms with Crippen molar-refractivity contribution in [1.82, 2.24) is 4.98 Å². The fourth-order valence-corrected chi connectivity index (χ4v) is 2.12. The van der Waals surface area contributed by atoms with Gasteiger partial charge >= 0.3 is 5.97 Å². The summed E-state index contributed by atoms with van der Waals surface area (Å²) in [4.78, 5) is 15.5. The highest BCUT2D eigenvalue weighted by Gasteiger charge is 2.13. The van der Waals surface area contributed by atoms with Crippen LogP contribution in [0.4, 0.5) is 10.8 Å². The predicted octanol–water partition coefficient (Wildman–Crippen LogP) is 2.89. The number of carbonyl (C=O) groups is 1. The van der Waals surface area contributed by atoms with Crippen LogP contribution in [-0.4, -0.2) is 16.1 Å². The van der Waals surface area contributed by atoms with E-state index in [1.54, 1.807) is 6.92 Å². The van der Waals surface area contributed by atoms with Crippen LogP contribution in [0.1, 0.15) is 15.4 Å². The molecule has 2 N–H and O–H groups in total. The number of rotatable bonds is 3. The number of carboxylic acid groups (broad SMARTS) is 1. The first-order valence-corrected chi connectivity index (χ1v) is 5.51. The van der Waals surface area contributed by atoms with Crippen LogP contribution in [-0.2, 0) is 0 Å². The van der Waals surface area contributed by atoms with Gasteiger partial charge in [0.2, 0.25) is 0 Å². The van der Waals surface area contributed by atoms with Gasteiger partial charge in [0.15, 0.2) is 10.8 Å². The number of hydrogen-bond donors (Lipinski definition) is 2. The van der Waals surface area contributed by atoms with E-state index in [4.69, 9.17) is 5.11 Å². The second kappa shape index (κ2) is 4.32. The molecule has 1 aromatic carbocycles. The zero-order valence-electron chi connectivity index (χ0n) is 8.60. The van der Waals surface area contributed by atoms with E-state index in [-0.39, 0.29) is 5.69 Å². The van der Waals surface area contributed by atoms with E-state index in [1.807, 2.05) is 30.3 Å². The van der Waals surface area contributed by atoms with E-state index < -0.39 is 5.97 Å². The number of nitrogens with zero attached hydrogens (tertiary/aromatic N) is 1. The Morgan fingerprint density at radius 3 is 2.62 bits per heavy atom. The second-order valence-corrected chi connectivity index (χ2v) is 4.42. The standard InChI is InChI=1S/C11H10N2O2S/c1-7-9(10(14)15)13-11(16-7)12-8-5-3-2-4-6-8/h2-6H,1H3,(H,12,13)(H,14,15). The van der Waals surface area contributed by atoms with Crippen LogP contribution in [0.25, 0.3) is 0 Å². The van der Waals surface area contributed by atoms with Crippen LogP contribution in [0.15, 0.2) is 30.3 Å². The Hall–Kier alpha value is -1.88. The maximum Gasteiger partial charge on any atom is 0.355 e.